The van der Waals surface area contributed by atoms with Crippen LogP contribution in [0.1, 0.15) is 38.8 Å². The highest BCUT2D eigenvalue weighted by Crippen LogP contribution is 2.27. The third-order valence-electron chi connectivity index (χ3n) is 5.22. The van der Waals surface area contributed by atoms with Crippen molar-refractivity contribution < 1.29 is 50.3 Å². The Morgan fingerprint density at radius 3 is 1.73 bits per heavy atom. The molecule has 2 N–H and O–H groups in total. The quantitative estimate of drug-likeness (QED) is 0.255. The minimum atomic E-state index is -5.87. The van der Waals surface area contributed by atoms with Gasteiger partial charge in [0.25, 0.3) is 0 Å². The van der Waals surface area contributed by atoms with Crippen LogP contribution in [-0.2, 0) is 41.7 Å². The SMILES string of the molecule is CC(C)[C@@](O)(Cc1ccccc1)C(=O)O.CC(C)[C@H](OS(=O)(=O)C(F)(F)F)C(=O)OCc1ccccc1. The lowest BCUT2D eigenvalue weighted by Gasteiger charge is -2.27. The first-order valence-electron chi connectivity index (χ1n) is 11.2. The van der Waals surface area contributed by atoms with E-state index in [0.717, 1.165) is 5.56 Å². The van der Waals surface area contributed by atoms with E-state index in [0.29, 0.717) is 5.56 Å². The minimum absolute atomic E-state index is 0.140. The first kappa shape index (κ1) is 32.1. The Bertz CT molecular complexity index is 1100. The van der Waals surface area contributed by atoms with E-state index in [-0.39, 0.29) is 18.9 Å². The molecule has 2 atom stereocenters. The van der Waals surface area contributed by atoms with Crippen molar-refractivity contribution in [1.29, 1.82) is 0 Å². The molecule has 2 rings (SSSR count). The lowest BCUT2D eigenvalue weighted by atomic mass is 9.84. The summed E-state index contributed by atoms with van der Waals surface area (Å²) in [5, 5.41) is 19.0. The second kappa shape index (κ2) is 13.5. The lowest BCUT2D eigenvalue weighted by Crippen LogP contribution is -2.45. The molecule has 0 fully saturated rings. The van der Waals surface area contributed by atoms with Crippen LogP contribution in [0, 0.1) is 11.8 Å². The van der Waals surface area contributed by atoms with E-state index < -0.39 is 45.2 Å². The average molecular weight is 549 g/mol. The van der Waals surface area contributed by atoms with Gasteiger partial charge in [-0.3, -0.25) is 0 Å². The molecular formula is C25H31F3O8S. The van der Waals surface area contributed by atoms with Crippen molar-refractivity contribution in [1.82, 2.24) is 0 Å². The van der Waals surface area contributed by atoms with Crippen molar-refractivity contribution in [3.05, 3.63) is 71.8 Å². The molecule has 8 nitrogen and oxygen atoms in total. The van der Waals surface area contributed by atoms with Crippen LogP contribution in [0.2, 0.25) is 0 Å². The molecule has 0 heterocycles. The van der Waals surface area contributed by atoms with Gasteiger partial charge in [-0.25, -0.2) is 13.8 Å². The topological polar surface area (TPSA) is 127 Å². The Morgan fingerprint density at radius 2 is 1.35 bits per heavy atom. The fraction of sp³-hybridized carbons (Fsp3) is 0.440. The van der Waals surface area contributed by atoms with Crippen molar-refractivity contribution in [3.8, 4) is 0 Å². The van der Waals surface area contributed by atoms with Gasteiger partial charge in [0.2, 0.25) is 0 Å². The molecule has 0 aromatic heterocycles. The van der Waals surface area contributed by atoms with Crippen molar-refractivity contribution in [3.63, 3.8) is 0 Å². The number of alkyl halides is 3. The highest BCUT2D eigenvalue weighted by Gasteiger charge is 2.50. The molecule has 0 aliphatic carbocycles. The summed E-state index contributed by atoms with van der Waals surface area (Å²) in [5.41, 5.74) is -5.84. The summed E-state index contributed by atoms with van der Waals surface area (Å²) in [6.07, 6.45) is -1.73. The van der Waals surface area contributed by atoms with Gasteiger partial charge in [-0.1, -0.05) is 88.4 Å². The minimum Gasteiger partial charge on any atom is -0.479 e. The van der Waals surface area contributed by atoms with E-state index in [2.05, 4.69) is 4.18 Å². The zero-order valence-corrected chi connectivity index (χ0v) is 21.6. The molecule has 0 aliphatic rings. The van der Waals surface area contributed by atoms with Gasteiger partial charge in [0, 0.05) is 6.42 Å². The third kappa shape index (κ3) is 9.78. The van der Waals surface area contributed by atoms with Gasteiger partial charge in [-0.05, 0) is 23.0 Å². The van der Waals surface area contributed by atoms with Gasteiger partial charge in [-0.15, -0.1) is 0 Å². The summed E-state index contributed by atoms with van der Waals surface area (Å²) < 4.78 is 67.7. The maximum atomic E-state index is 12.3. The molecule has 0 amide bonds. The number of carboxylic acid groups (broad SMARTS) is 1. The van der Waals surface area contributed by atoms with Crippen LogP contribution in [0.4, 0.5) is 13.2 Å². The maximum Gasteiger partial charge on any atom is 0.523 e. The van der Waals surface area contributed by atoms with Gasteiger partial charge in [0.15, 0.2) is 11.7 Å². The Morgan fingerprint density at radius 1 is 0.892 bits per heavy atom. The summed E-state index contributed by atoms with van der Waals surface area (Å²) >= 11 is 0. The summed E-state index contributed by atoms with van der Waals surface area (Å²) in [5.74, 6) is -3.48. The molecular weight excluding hydrogens is 517 g/mol. The van der Waals surface area contributed by atoms with E-state index in [9.17, 15) is 36.3 Å². The first-order valence-corrected chi connectivity index (χ1v) is 12.6. The number of carboxylic acids is 1. The summed E-state index contributed by atoms with van der Waals surface area (Å²) in [4.78, 5) is 22.8. The van der Waals surface area contributed by atoms with Crippen LogP contribution >= 0.6 is 0 Å². The predicted molar refractivity (Wildman–Crippen MR) is 128 cm³/mol. The first-order chi connectivity index (χ1) is 17.0. The monoisotopic (exact) mass is 548 g/mol. The van der Waals surface area contributed by atoms with Crippen LogP contribution in [0.15, 0.2) is 60.7 Å². The van der Waals surface area contributed by atoms with Gasteiger partial charge >= 0.3 is 27.6 Å². The highest BCUT2D eigenvalue weighted by atomic mass is 32.2. The lowest BCUT2D eigenvalue weighted by molar-refractivity contribution is -0.163. The molecule has 37 heavy (non-hydrogen) atoms. The molecule has 0 bridgehead atoms. The number of benzene rings is 2. The maximum absolute atomic E-state index is 12.3. The van der Waals surface area contributed by atoms with Gasteiger partial charge < -0.3 is 14.9 Å². The Balaban J connectivity index is 0.000000397. The number of hydrogen-bond donors (Lipinski definition) is 2. The second-order valence-corrected chi connectivity index (χ2v) is 10.4. The van der Waals surface area contributed by atoms with Gasteiger partial charge in [0.05, 0.1) is 0 Å². The van der Waals surface area contributed by atoms with E-state index in [1.165, 1.54) is 13.8 Å². The van der Waals surface area contributed by atoms with Crippen LogP contribution in [0.3, 0.4) is 0 Å². The fourth-order valence-electron chi connectivity index (χ4n) is 2.86. The largest absolute Gasteiger partial charge is 0.523 e. The van der Waals surface area contributed by atoms with Crippen LogP contribution in [0.25, 0.3) is 0 Å². The van der Waals surface area contributed by atoms with Crippen LogP contribution in [-0.4, -0.2) is 47.8 Å². The number of carbonyl (C=O) groups excluding carboxylic acids is 1. The summed E-state index contributed by atoms with van der Waals surface area (Å²) in [7, 11) is -5.87. The smallest absolute Gasteiger partial charge is 0.479 e. The van der Waals surface area contributed by atoms with E-state index in [4.69, 9.17) is 9.84 Å². The molecule has 0 saturated carbocycles. The van der Waals surface area contributed by atoms with Crippen molar-refractivity contribution in [2.45, 2.75) is 57.9 Å². The van der Waals surface area contributed by atoms with E-state index >= 15 is 0 Å². The second-order valence-electron chi connectivity index (χ2n) is 8.80. The summed E-state index contributed by atoms with van der Waals surface area (Å²) in [6, 6.07) is 17.6. The Labute approximate surface area is 214 Å². The highest BCUT2D eigenvalue weighted by molar-refractivity contribution is 7.87. The number of hydrogen-bond acceptors (Lipinski definition) is 7. The molecule has 0 aliphatic heterocycles. The normalized spacial score (nSPS) is 14.3. The molecule has 2 aromatic carbocycles. The predicted octanol–water partition coefficient (Wildman–Crippen LogP) is 4.32. The molecule has 0 spiro atoms. The van der Waals surface area contributed by atoms with Gasteiger partial charge in [-0.2, -0.15) is 21.6 Å². The Kier molecular flexibility index (Phi) is 11.7. The number of aliphatic hydroxyl groups is 1. The zero-order valence-electron chi connectivity index (χ0n) is 20.8. The number of esters is 1. The Hall–Kier alpha value is -2.96. The molecule has 0 saturated heterocycles. The van der Waals surface area contributed by atoms with Crippen LogP contribution in [0.5, 0.6) is 0 Å². The molecule has 2 aromatic rings. The molecule has 0 unspecified atom stereocenters. The third-order valence-corrected chi connectivity index (χ3v) is 6.25. The number of carbonyl (C=O) groups is 2. The average Bonchev–Trinajstić information content (AvgIpc) is 2.81. The molecule has 0 radical (unpaired) electrons. The standard InChI is InChI=1S/C13H15F3O5S.C12H16O3/c1-9(2)11(21-22(18,19)13(14,15)16)12(17)20-8-10-6-4-3-5-7-10;1-9(2)12(15,11(13)14)8-10-6-4-3-5-7-10/h3-7,9,11H,8H2,1-2H3;3-7,9,15H,8H2,1-2H3,(H,13,14)/t11-;12-/m00/s1. The van der Waals surface area contributed by atoms with Crippen molar-refractivity contribution in [2.75, 3.05) is 0 Å². The number of halogens is 3. The molecule has 12 heteroatoms. The number of aliphatic carboxylic acids is 1. The van der Waals surface area contributed by atoms with E-state index in [1.807, 2.05) is 30.3 Å². The van der Waals surface area contributed by atoms with Crippen molar-refractivity contribution in [2.24, 2.45) is 11.8 Å². The fourth-order valence-corrected chi connectivity index (χ4v) is 3.54. The van der Waals surface area contributed by atoms with Crippen molar-refractivity contribution >= 4 is 22.1 Å². The van der Waals surface area contributed by atoms with Gasteiger partial charge in [0.1, 0.15) is 6.61 Å². The zero-order chi connectivity index (χ0) is 28.4. The molecule has 206 valence electrons. The van der Waals surface area contributed by atoms with Crippen LogP contribution < -0.4 is 0 Å². The van der Waals surface area contributed by atoms with E-state index in [1.54, 1.807) is 44.2 Å². The number of rotatable bonds is 10. The number of ether oxygens (including phenoxy) is 1. The summed E-state index contributed by atoms with van der Waals surface area (Å²) in [6.45, 7) is 5.91.